The maximum Gasteiger partial charge on any atom is 0.246 e. The number of aliphatic hydroxyl groups is 1. The summed E-state index contributed by atoms with van der Waals surface area (Å²) in [5.74, 6) is 0.347. The number of rotatable bonds is 3. The molecule has 0 radical (unpaired) electrons. The minimum atomic E-state index is -3.57. The van der Waals surface area contributed by atoms with Crippen LogP contribution in [0.3, 0.4) is 0 Å². The van der Waals surface area contributed by atoms with Gasteiger partial charge >= 0.3 is 0 Å². The summed E-state index contributed by atoms with van der Waals surface area (Å²) in [7, 11) is -2.12. The quantitative estimate of drug-likeness (QED) is 0.878. The van der Waals surface area contributed by atoms with Crippen molar-refractivity contribution in [1.29, 1.82) is 0 Å². The molecule has 0 amide bonds. The van der Waals surface area contributed by atoms with Crippen molar-refractivity contribution in [2.75, 3.05) is 20.2 Å². The third-order valence-corrected chi connectivity index (χ3v) is 5.08. The molecular weight excluding hydrogens is 254 g/mol. The lowest BCUT2D eigenvalue weighted by molar-refractivity contribution is 0.0547. The average molecular weight is 271 g/mol. The lowest BCUT2D eigenvalue weighted by Gasteiger charge is -2.34. The van der Waals surface area contributed by atoms with Crippen molar-refractivity contribution in [3.8, 4) is 5.75 Å². The van der Waals surface area contributed by atoms with Gasteiger partial charge in [0, 0.05) is 13.1 Å². The van der Waals surface area contributed by atoms with Crippen LogP contribution in [-0.4, -0.2) is 44.1 Å². The van der Waals surface area contributed by atoms with Crippen LogP contribution >= 0.6 is 0 Å². The monoisotopic (exact) mass is 271 g/mol. The largest absolute Gasteiger partial charge is 0.495 e. The Balaban J connectivity index is 2.47. The van der Waals surface area contributed by atoms with E-state index in [1.807, 2.05) is 13.8 Å². The average Bonchev–Trinajstić information content (AvgIpc) is 2.27. The Hall–Kier alpha value is -1.11. The summed E-state index contributed by atoms with van der Waals surface area (Å²) in [4.78, 5) is 0.167. The summed E-state index contributed by atoms with van der Waals surface area (Å²) in [5.41, 5.74) is 1.88. The molecule has 5 nitrogen and oxygen atoms in total. The van der Waals surface area contributed by atoms with Crippen molar-refractivity contribution in [3.63, 3.8) is 0 Å². The maximum absolute atomic E-state index is 12.3. The van der Waals surface area contributed by atoms with Gasteiger partial charge in [-0.1, -0.05) is 0 Å². The van der Waals surface area contributed by atoms with Crippen LogP contribution in [0.2, 0.25) is 0 Å². The molecule has 1 aliphatic heterocycles. The minimum absolute atomic E-state index is 0.151. The van der Waals surface area contributed by atoms with Gasteiger partial charge in [0.1, 0.15) is 10.6 Å². The van der Waals surface area contributed by atoms with Crippen molar-refractivity contribution >= 4 is 10.0 Å². The predicted molar refractivity (Wildman–Crippen MR) is 67.2 cm³/mol. The number of methoxy groups -OCH3 is 1. The second kappa shape index (κ2) is 4.53. The summed E-state index contributed by atoms with van der Waals surface area (Å²) >= 11 is 0. The lowest BCUT2D eigenvalue weighted by atomic mass is 10.1. The number of aryl methyl sites for hydroxylation is 2. The Morgan fingerprint density at radius 2 is 1.83 bits per heavy atom. The van der Waals surface area contributed by atoms with Crippen LogP contribution in [0, 0.1) is 13.8 Å². The third kappa shape index (κ3) is 2.11. The molecule has 0 unspecified atom stereocenters. The first-order valence-corrected chi connectivity index (χ1v) is 7.13. The second-order valence-corrected chi connectivity index (χ2v) is 6.47. The summed E-state index contributed by atoms with van der Waals surface area (Å²) in [6, 6.07) is 3.34. The first-order valence-electron chi connectivity index (χ1n) is 5.69. The van der Waals surface area contributed by atoms with E-state index < -0.39 is 16.1 Å². The van der Waals surface area contributed by atoms with E-state index in [0.29, 0.717) is 5.75 Å². The molecule has 1 heterocycles. The van der Waals surface area contributed by atoms with Gasteiger partial charge in [-0.15, -0.1) is 0 Å². The molecule has 6 heteroatoms. The Bertz CT molecular complexity index is 562. The Morgan fingerprint density at radius 1 is 1.28 bits per heavy atom. The van der Waals surface area contributed by atoms with Crippen LogP contribution in [-0.2, 0) is 10.0 Å². The van der Waals surface area contributed by atoms with Gasteiger partial charge in [-0.05, 0) is 37.1 Å². The van der Waals surface area contributed by atoms with Gasteiger partial charge in [0.25, 0.3) is 0 Å². The molecule has 0 aliphatic carbocycles. The fourth-order valence-electron chi connectivity index (χ4n) is 1.88. The predicted octanol–water partition coefficient (Wildman–Crippen LogP) is 0.677. The summed E-state index contributed by atoms with van der Waals surface area (Å²) in [6.45, 7) is 4.07. The molecule has 0 aromatic heterocycles. The van der Waals surface area contributed by atoms with Gasteiger partial charge in [0.2, 0.25) is 10.0 Å². The van der Waals surface area contributed by atoms with Crippen LogP contribution in [0.5, 0.6) is 5.75 Å². The molecule has 100 valence electrons. The molecule has 0 saturated carbocycles. The van der Waals surface area contributed by atoms with E-state index in [0.717, 1.165) is 11.1 Å². The molecule has 2 rings (SSSR count). The molecule has 1 N–H and O–H groups in total. The van der Waals surface area contributed by atoms with E-state index in [4.69, 9.17) is 4.74 Å². The minimum Gasteiger partial charge on any atom is -0.495 e. The molecular formula is C12H17NO4S. The van der Waals surface area contributed by atoms with Crippen molar-refractivity contribution in [2.24, 2.45) is 0 Å². The highest BCUT2D eigenvalue weighted by Crippen LogP contribution is 2.31. The number of sulfonamides is 1. The van der Waals surface area contributed by atoms with Gasteiger partial charge in [-0.25, -0.2) is 8.42 Å². The van der Waals surface area contributed by atoms with Crippen molar-refractivity contribution < 1.29 is 18.3 Å². The number of aliphatic hydroxyl groups excluding tert-OH is 1. The number of hydrogen-bond acceptors (Lipinski definition) is 4. The van der Waals surface area contributed by atoms with Gasteiger partial charge in [0.05, 0.1) is 13.2 Å². The lowest BCUT2D eigenvalue weighted by Crippen LogP contribution is -2.53. The van der Waals surface area contributed by atoms with E-state index in [1.165, 1.54) is 11.4 Å². The summed E-state index contributed by atoms with van der Waals surface area (Å²) in [5, 5.41) is 9.22. The van der Waals surface area contributed by atoms with E-state index in [1.54, 1.807) is 12.1 Å². The van der Waals surface area contributed by atoms with Gasteiger partial charge in [-0.2, -0.15) is 4.31 Å². The molecule has 1 aromatic carbocycles. The standard InChI is InChI=1S/C12H17NO4S/c1-8-4-11(17-3)12(5-9(8)2)18(15,16)13-6-10(14)7-13/h4-5,10,14H,6-7H2,1-3H3. The highest BCUT2D eigenvalue weighted by Gasteiger charge is 2.37. The molecule has 0 atom stereocenters. The van der Waals surface area contributed by atoms with E-state index in [-0.39, 0.29) is 18.0 Å². The highest BCUT2D eigenvalue weighted by molar-refractivity contribution is 7.89. The number of β-amino-alcohol motifs (C(OH)–C–C–N with tert-alkyl or cyclic N) is 1. The number of nitrogens with zero attached hydrogens (tertiary/aromatic N) is 1. The molecule has 0 spiro atoms. The van der Waals surface area contributed by atoms with Crippen LogP contribution < -0.4 is 4.74 Å². The van der Waals surface area contributed by atoms with E-state index >= 15 is 0 Å². The zero-order chi connectivity index (χ0) is 13.5. The Labute approximate surface area is 107 Å². The maximum atomic E-state index is 12.3. The van der Waals surface area contributed by atoms with E-state index in [2.05, 4.69) is 0 Å². The highest BCUT2D eigenvalue weighted by atomic mass is 32.2. The molecule has 18 heavy (non-hydrogen) atoms. The zero-order valence-electron chi connectivity index (χ0n) is 10.7. The SMILES string of the molecule is COc1cc(C)c(C)cc1S(=O)(=O)N1CC(O)C1. The summed E-state index contributed by atoms with van der Waals surface area (Å²) < 4.78 is 31.1. The van der Waals surface area contributed by atoms with Crippen LogP contribution in [0.1, 0.15) is 11.1 Å². The fraction of sp³-hybridized carbons (Fsp3) is 0.500. The topological polar surface area (TPSA) is 66.8 Å². The molecule has 0 bridgehead atoms. The van der Waals surface area contributed by atoms with Gasteiger partial charge in [0.15, 0.2) is 0 Å². The third-order valence-electron chi connectivity index (χ3n) is 3.23. The van der Waals surface area contributed by atoms with Gasteiger partial charge in [-0.3, -0.25) is 0 Å². The smallest absolute Gasteiger partial charge is 0.246 e. The molecule has 1 aliphatic rings. The molecule has 1 saturated heterocycles. The zero-order valence-corrected chi connectivity index (χ0v) is 11.5. The molecule has 1 fully saturated rings. The van der Waals surface area contributed by atoms with E-state index in [9.17, 15) is 13.5 Å². The normalized spacial score (nSPS) is 17.6. The Morgan fingerprint density at radius 3 is 2.33 bits per heavy atom. The van der Waals surface area contributed by atoms with Gasteiger partial charge < -0.3 is 9.84 Å². The Kier molecular flexibility index (Phi) is 3.35. The van der Waals surface area contributed by atoms with Crippen molar-refractivity contribution in [2.45, 2.75) is 24.8 Å². The number of hydrogen-bond donors (Lipinski definition) is 1. The second-order valence-electron chi connectivity index (χ2n) is 4.56. The first-order chi connectivity index (χ1) is 8.36. The van der Waals surface area contributed by atoms with Crippen LogP contribution in [0.4, 0.5) is 0 Å². The van der Waals surface area contributed by atoms with Crippen molar-refractivity contribution in [1.82, 2.24) is 4.31 Å². The van der Waals surface area contributed by atoms with Crippen LogP contribution in [0.15, 0.2) is 17.0 Å². The molecule has 1 aromatic rings. The van der Waals surface area contributed by atoms with Crippen molar-refractivity contribution in [3.05, 3.63) is 23.3 Å². The fourth-order valence-corrected chi connectivity index (χ4v) is 3.61. The first kappa shape index (κ1) is 13.3. The number of ether oxygens (including phenoxy) is 1. The number of benzene rings is 1. The van der Waals surface area contributed by atoms with Crippen LogP contribution in [0.25, 0.3) is 0 Å². The summed E-state index contributed by atoms with van der Waals surface area (Å²) in [6.07, 6.45) is -0.558.